The molecule has 1 rings (SSSR count). The molecule has 0 unspecified atom stereocenters. The summed E-state index contributed by atoms with van der Waals surface area (Å²) in [7, 11) is 3.20. The van der Waals surface area contributed by atoms with Gasteiger partial charge in [0.15, 0.2) is 11.5 Å². The molecule has 0 heterocycles. The fourth-order valence-electron chi connectivity index (χ4n) is 2.44. The summed E-state index contributed by atoms with van der Waals surface area (Å²) in [6.45, 7) is 11.6. The molecule has 23 heavy (non-hydrogen) atoms. The van der Waals surface area contributed by atoms with Gasteiger partial charge in [0.05, 0.1) is 19.6 Å². The topological polar surface area (TPSA) is 50.8 Å². The predicted octanol–water partition coefficient (Wildman–Crippen LogP) is 2.44. The number of benzene rings is 1. The third-order valence-electron chi connectivity index (χ3n) is 4.28. The van der Waals surface area contributed by atoms with Gasteiger partial charge in [0, 0.05) is 13.1 Å². The number of hydrogen-bond acceptors (Lipinski definition) is 4. The third kappa shape index (κ3) is 4.86. The van der Waals surface area contributed by atoms with Crippen molar-refractivity contribution in [1.82, 2.24) is 10.2 Å². The van der Waals surface area contributed by atoms with Gasteiger partial charge in [-0.05, 0) is 44.6 Å². The fraction of sp³-hybridized carbons (Fsp3) is 0.611. The van der Waals surface area contributed by atoms with Crippen molar-refractivity contribution >= 4 is 5.91 Å². The van der Waals surface area contributed by atoms with Crippen molar-refractivity contribution in [1.29, 1.82) is 0 Å². The van der Waals surface area contributed by atoms with Crippen molar-refractivity contribution in [3.05, 3.63) is 23.8 Å². The quantitative estimate of drug-likeness (QED) is 0.759. The second-order valence-electron chi connectivity index (χ2n) is 5.98. The number of methoxy groups -OCH3 is 2. The Balaban J connectivity index is 2.79. The van der Waals surface area contributed by atoms with E-state index in [-0.39, 0.29) is 5.91 Å². The van der Waals surface area contributed by atoms with Gasteiger partial charge in [-0.25, -0.2) is 0 Å². The van der Waals surface area contributed by atoms with Crippen molar-refractivity contribution in [3.63, 3.8) is 0 Å². The minimum atomic E-state index is -0.636. The van der Waals surface area contributed by atoms with E-state index >= 15 is 0 Å². The van der Waals surface area contributed by atoms with Crippen LogP contribution in [0.3, 0.4) is 0 Å². The van der Waals surface area contributed by atoms with E-state index in [1.54, 1.807) is 14.2 Å². The Morgan fingerprint density at radius 1 is 1.13 bits per heavy atom. The van der Waals surface area contributed by atoms with Gasteiger partial charge in [0.2, 0.25) is 5.91 Å². The summed E-state index contributed by atoms with van der Waals surface area (Å²) in [4.78, 5) is 14.9. The molecule has 1 N–H and O–H groups in total. The molecule has 0 fully saturated rings. The first-order valence-electron chi connectivity index (χ1n) is 8.13. The summed E-state index contributed by atoms with van der Waals surface area (Å²) < 4.78 is 10.6. The number of amides is 1. The van der Waals surface area contributed by atoms with Crippen molar-refractivity contribution < 1.29 is 14.3 Å². The van der Waals surface area contributed by atoms with Crippen LogP contribution in [0.15, 0.2) is 18.2 Å². The lowest BCUT2D eigenvalue weighted by molar-refractivity contribution is -0.125. The molecule has 1 amide bonds. The van der Waals surface area contributed by atoms with E-state index < -0.39 is 5.41 Å². The summed E-state index contributed by atoms with van der Waals surface area (Å²) in [6, 6.07) is 5.60. The average molecular weight is 322 g/mol. The molecule has 0 bridgehead atoms. The molecular formula is C18H30N2O3. The molecule has 0 radical (unpaired) electrons. The van der Waals surface area contributed by atoms with Crippen LogP contribution in [0.2, 0.25) is 0 Å². The summed E-state index contributed by atoms with van der Waals surface area (Å²) in [5.74, 6) is 1.31. The molecular weight excluding hydrogens is 292 g/mol. The highest BCUT2D eigenvalue weighted by molar-refractivity contribution is 5.87. The van der Waals surface area contributed by atoms with Gasteiger partial charge < -0.3 is 19.7 Å². The van der Waals surface area contributed by atoms with E-state index in [2.05, 4.69) is 24.1 Å². The minimum absolute atomic E-state index is 0.0110. The van der Waals surface area contributed by atoms with Crippen molar-refractivity contribution in [2.24, 2.45) is 0 Å². The zero-order chi connectivity index (χ0) is 17.5. The van der Waals surface area contributed by atoms with Crippen LogP contribution >= 0.6 is 0 Å². The van der Waals surface area contributed by atoms with Crippen molar-refractivity contribution in [2.75, 3.05) is 40.4 Å². The van der Waals surface area contributed by atoms with Crippen molar-refractivity contribution in [2.45, 2.75) is 33.1 Å². The van der Waals surface area contributed by atoms with Crippen LogP contribution in [0.4, 0.5) is 0 Å². The molecule has 130 valence electrons. The number of hydrogen-bond donors (Lipinski definition) is 1. The molecule has 0 aliphatic heterocycles. The van der Waals surface area contributed by atoms with Gasteiger partial charge in [-0.1, -0.05) is 19.9 Å². The van der Waals surface area contributed by atoms with E-state index in [9.17, 15) is 4.79 Å². The molecule has 1 aromatic carbocycles. The number of rotatable bonds is 9. The summed E-state index contributed by atoms with van der Waals surface area (Å²) >= 11 is 0. The molecule has 0 saturated heterocycles. The molecule has 1 aromatic rings. The van der Waals surface area contributed by atoms with E-state index in [1.807, 2.05) is 32.0 Å². The zero-order valence-electron chi connectivity index (χ0n) is 15.2. The number of carbonyl (C=O) groups is 1. The van der Waals surface area contributed by atoms with Crippen LogP contribution in [0.5, 0.6) is 11.5 Å². The Kier molecular flexibility index (Phi) is 7.36. The van der Waals surface area contributed by atoms with E-state index in [4.69, 9.17) is 9.47 Å². The summed E-state index contributed by atoms with van der Waals surface area (Å²) in [5, 5.41) is 3.03. The smallest absolute Gasteiger partial charge is 0.230 e. The molecule has 0 aliphatic rings. The summed E-state index contributed by atoms with van der Waals surface area (Å²) in [6.07, 6.45) is 0. The molecule has 0 saturated carbocycles. The lowest BCUT2D eigenvalue weighted by Gasteiger charge is -2.26. The number of nitrogens with zero attached hydrogens (tertiary/aromatic N) is 1. The average Bonchev–Trinajstić information content (AvgIpc) is 2.57. The first kappa shape index (κ1) is 19.3. The highest BCUT2D eigenvalue weighted by Crippen LogP contribution is 2.33. The lowest BCUT2D eigenvalue weighted by atomic mass is 9.83. The number of ether oxygens (including phenoxy) is 2. The van der Waals surface area contributed by atoms with E-state index in [1.165, 1.54) is 0 Å². The predicted molar refractivity (Wildman–Crippen MR) is 93.4 cm³/mol. The first-order valence-corrected chi connectivity index (χ1v) is 8.13. The Hall–Kier alpha value is -1.75. The Morgan fingerprint density at radius 2 is 1.74 bits per heavy atom. The SMILES string of the molecule is CCN(CC)CCNC(=O)C(C)(C)c1ccc(OC)c(OC)c1. The number of nitrogens with one attached hydrogen (secondary N) is 1. The fourth-order valence-corrected chi connectivity index (χ4v) is 2.44. The highest BCUT2D eigenvalue weighted by atomic mass is 16.5. The number of carbonyl (C=O) groups excluding carboxylic acids is 1. The van der Waals surface area contributed by atoms with Crippen LogP contribution in [0.25, 0.3) is 0 Å². The first-order chi connectivity index (χ1) is 10.9. The maximum atomic E-state index is 12.6. The monoisotopic (exact) mass is 322 g/mol. The van der Waals surface area contributed by atoms with E-state index in [0.29, 0.717) is 18.0 Å². The molecule has 0 aromatic heterocycles. The molecule has 5 heteroatoms. The Labute approximate surface area is 140 Å². The summed E-state index contributed by atoms with van der Waals surface area (Å²) in [5.41, 5.74) is 0.263. The van der Waals surface area contributed by atoms with Crippen LogP contribution in [-0.4, -0.2) is 51.2 Å². The molecule has 0 atom stereocenters. The molecule has 0 spiro atoms. The van der Waals surface area contributed by atoms with Crippen LogP contribution < -0.4 is 14.8 Å². The second kappa shape index (κ2) is 8.77. The minimum Gasteiger partial charge on any atom is -0.493 e. The molecule has 5 nitrogen and oxygen atoms in total. The van der Waals surface area contributed by atoms with Gasteiger partial charge >= 0.3 is 0 Å². The van der Waals surface area contributed by atoms with Gasteiger partial charge in [0.25, 0.3) is 0 Å². The Morgan fingerprint density at radius 3 is 2.26 bits per heavy atom. The largest absolute Gasteiger partial charge is 0.493 e. The number of likely N-dealkylation sites (N-methyl/N-ethyl adjacent to an activating group) is 1. The lowest BCUT2D eigenvalue weighted by Crippen LogP contribution is -2.43. The van der Waals surface area contributed by atoms with E-state index in [0.717, 1.165) is 25.2 Å². The standard InChI is InChI=1S/C18H30N2O3/c1-7-20(8-2)12-11-19-17(21)18(3,4)14-9-10-15(22-5)16(13-14)23-6/h9-10,13H,7-8,11-12H2,1-6H3,(H,19,21). The van der Waals surface area contributed by atoms with Gasteiger partial charge in [-0.2, -0.15) is 0 Å². The molecule has 0 aliphatic carbocycles. The van der Waals surface area contributed by atoms with Gasteiger partial charge in [0.1, 0.15) is 0 Å². The van der Waals surface area contributed by atoms with Crippen LogP contribution in [-0.2, 0) is 10.2 Å². The third-order valence-corrected chi connectivity index (χ3v) is 4.28. The second-order valence-corrected chi connectivity index (χ2v) is 5.98. The Bertz CT molecular complexity index is 511. The van der Waals surface area contributed by atoms with Crippen LogP contribution in [0, 0.1) is 0 Å². The highest BCUT2D eigenvalue weighted by Gasteiger charge is 2.30. The van der Waals surface area contributed by atoms with Gasteiger partial charge in [-0.15, -0.1) is 0 Å². The van der Waals surface area contributed by atoms with Gasteiger partial charge in [-0.3, -0.25) is 4.79 Å². The van der Waals surface area contributed by atoms with Crippen LogP contribution in [0.1, 0.15) is 33.3 Å². The maximum absolute atomic E-state index is 12.6. The normalized spacial score (nSPS) is 11.4. The maximum Gasteiger partial charge on any atom is 0.230 e. The van der Waals surface area contributed by atoms with Crippen molar-refractivity contribution in [3.8, 4) is 11.5 Å². The zero-order valence-corrected chi connectivity index (χ0v) is 15.2.